The Hall–Kier alpha value is -0.620. The van der Waals surface area contributed by atoms with Crippen LogP contribution in [0.4, 0.5) is 0 Å². The molecule has 0 spiro atoms. The predicted octanol–water partition coefficient (Wildman–Crippen LogP) is 2.20. The molecule has 0 aromatic heterocycles. The lowest BCUT2D eigenvalue weighted by Gasteiger charge is -2.15. The van der Waals surface area contributed by atoms with E-state index in [1.165, 1.54) is 0 Å². The third kappa shape index (κ3) is 8.15. The van der Waals surface area contributed by atoms with Crippen LogP contribution in [0.1, 0.15) is 27.7 Å². The first-order valence-corrected chi connectivity index (χ1v) is 6.65. The van der Waals surface area contributed by atoms with Crippen molar-refractivity contribution in [1.82, 2.24) is 0 Å². The van der Waals surface area contributed by atoms with Crippen LogP contribution in [-0.4, -0.2) is 35.1 Å². The summed E-state index contributed by atoms with van der Waals surface area (Å²) in [7, 11) is 0. The summed E-state index contributed by atoms with van der Waals surface area (Å²) >= 11 is 5.98. The largest absolute Gasteiger partial charge is 0.479 e. The molecule has 0 fully saturated rings. The number of rotatable bonds is 5. The van der Waals surface area contributed by atoms with E-state index in [9.17, 15) is 9.59 Å². The Morgan fingerprint density at radius 3 is 2.29 bits per heavy atom. The number of carbonyl (C=O) groups excluding carboxylic acids is 2. The normalized spacial score (nSPS) is 10.8. The monoisotopic (exact) mass is 278 g/mol. The first-order valence-electron chi connectivity index (χ1n) is 5.25. The highest BCUT2D eigenvalue weighted by molar-refractivity contribution is 8.23. The molecule has 0 saturated carbocycles. The molecule has 4 nitrogen and oxygen atoms in total. The fourth-order valence-corrected chi connectivity index (χ4v) is 1.56. The van der Waals surface area contributed by atoms with Gasteiger partial charge >= 0.3 is 5.97 Å². The topological polar surface area (TPSA) is 52.6 Å². The molecular formula is C11H18O4S2. The van der Waals surface area contributed by atoms with Gasteiger partial charge in [-0.2, -0.15) is 0 Å². The van der Waals surface area contributed by atoms with Crippen molar-refractivity contribution in [2.24, 2.45) is 5.41 Å². The molecule has 98 valence electrons. The summed E-state index contributed by atoms with van der Waals surface area (Å²) in [4.78, 5) is 22.7. The van der Waals surface area contributed by atoms with E-state index in [-0.39, 0.29) is 24.1 Å². The van der Waals surface area contributed by atoms with Crippen molar-refractivity contribution in [2.45, 2.75) is 27.7 Å². The van der Waals surface area contributed by atoms with Crippen LogP contribution in [0, 0.1) is 5.41 Å². The van der Waals surface area contributed by atoms with Gasteiger partial charge in [0.25, 0.3) is 0 Å². The van der Waals surface area contributed by atoms with Crippen LogP contribution in [-0.2, 0) is 19.1 Å². The summed E-state index contributed by atoms with van der Waals surface area (Å²) in [6.45, 7) is 7.30. The highest BCUT2D eigenvalue weighted by Crippen LogP contribution is 2.15. The van der Waals surface area contributed by atoms with E-state index in [4.69, 9.17) is 21.7 Å². The lowest BCUT2D eigenvalue weighted by atomic mass is 9.97. The van der Waals surface area contributed by atoms with E-state index >= 15 is 0 Å². The first-order chi connectivity index (χ1) is 7.77. The molecule has 0 atom stereocenters. The number of ether oxygens (including phenoxy) is 2. The van der Waals surface area contributed by atoms with Crippen molar-refractivity contribution >= 4 is 40.1 Å². The van der Waals surface area contributed by atoms with Gasteiger partial charge in [0, 0.05) is 0 Å². The van der Waals surface area contributed by atoms with Crippen molar-refractivity contribution in [3.8, 4) is 0 Å². The zero-order valence-electron chi connectivity index (χ0n) is 10.6. The Kier molecular flexibility index (Phi) is 7.38. The molecule has 0 aliphatic heterocycles. The molecule has 0 unspecified atom stereocenters. The van der Waals surface area contributed by atoms with Crippen LogP contribution in [0.5, 0.6) is 0 Å². The number of Topliss-reactive ketones (excluding diaryl/α,β-unsaturated/α-hetero) is 1. The van der Waals surface area contributed by atoms with Crippen molar-refractivity contribution in [3.63, 3.8) is 0 Å². The van der Waals surface area contributed by atoms with Crippen LogP contribution in [0.25, 0.3) is 0 Å². The quantitative estimate of drug-likeness (QED) is 0.567. The zero-order valence-corrected chi connectivity index (χ0v) is 12.2. The molecule has 0 rings (SSSR count). The Bertz CT molecular complexity index is 294. The van der Waals surface area contributed by atoms with Gasteiger partial charge in [0.05, 0.1) is 17.8 Å². The van der Waals surface area contributed by atoms with E-state index < -0.39 is 5.41 Å². The number of thiocarbonyl (C=S) groups is 1. The number of hydrogen-bond acceptors (Lipinski definition) is 6. The average molecular weight is 278 g/mol. The lowest BCUT2D eigenvalue weighted by Crippen LogP contribution is -2.26. The van der Waals surface area contributed by atoms with E-state index in [0.29, 0.717) is 11.0 Å². The summed E-state index contributed by atoms with van der Waals surface area (Å²) in [6, 6.07) is 0. The van der Waals surface area contributed by atoms with Crippen molar-refractivity contribution < 1.29 is 19.1 Å². The second kappa shape index (κ2) is 7.66. The second-order valence-electron chi connectivity index (χ2n) is 4.34. The maximum absolute atomic E-state index is 11.4. The first kappa shape index (κ1) is 16.4. The van der Waals surface area contributed by atoms with Crippen LogP contribution < -0.4 is 0 Å². The van der Waals surface area contributed by atoms with Gasteiger partial charge in [0.2, 0.25) is 4.38 Å². The smallest absolute Gasteiger partial charge is 0.311 e. The molecule has 0 aromatic rings. The van der Waals surface area contributed by atoms with Crippen LogP contribution in [0.3, 0.4) is 0 Å². The molecule has 0 radical (unpaired) electrons. The van der Waals surface area contributed by atoms with Gasteiger partial charge in [-0.1, -0.05) is 11.8 Å². The number of ketones is 1. The lowest BCUT2D eigenvalue weighted by molar-refractivity contribution is -0.155. The molecule has 0 N–H and O–H groups in total. The minimum atomic E-state index is -0.589. The van der Waals surface area contributed by atoms with Crippen molar-refractivity contribution in [1.29, 1.82) is 0 Å². The summed E-state index contributed by atoms with van der Waals surface area (Å²) < 4.78 is 10.2. The third-order valence-corrected chi connectivity index (χ3v) is 2.88. The molecule has 0 aromatic carbocycles. The minimum absolute atomic E-state index is 0.163. The van der Waals surface area contributed by atoms with E-state index in [1.807, 2.05) is 6.92 Å². The van der Waals surface area contributed by atoms with Gasteiger partial charge in [0.1, 0.15) is 0 Å². The highest BCUT2D eigenvalue weighted by Gasteiger charge is 2.23. The third-order valence-electron chi connectivity index (χ3n) is 1.59. The van der Waals surface area contributed by atoms with Gasteiger partial charge in [-0.25, -0.2) is 0 Å². The Labute approximate surface area is 111 Å². The van der Waals surface area contributed by atoms with Crippen LogP contribution in [0.15, 0.2) is 0 Å². The Balaban J connectivity index is 3.82. The molecular weight excluding hydrogens is 260 g/mol. The Morgan fingerprint density at radius 1 is 1.24 bits per heavy atom. The van der Waals surface area contributed by atoms with Crippen molar-refractivity contribution in [2.75, 3.05) is 19.0 Å². The molecule has 0 saturated heterocycles. The minimum Gasteiger partial charge on any atom is -0.479 e. The van der Waals surface area contributed by atoms with E-state index in [2.05, 4.69) is 0 Å². The van der Waals surface area contributed by atoms with E-state index in [1.54, 1.807) is 20.8 Å². The number of esters is 1. The predicted molar refractivity (Wildman–Crippen MR) is 72.1 cm³/mol. The Morgan fingerprint density at radius 2 is 1.82 bits per heavy atom. The van der Waals surface area contributed by atoms with Gasteiger partial charge in [-0.15, -0.1) is 0 Å². The molecule has 0 heterocycles. The molecule has 17 heavy (non-hydrogen) atoms. The van der Waals surface area contributed by atoms with Crippen LogP contribution >= 0.6 is 24.0 Å². The fourth-order valence-electron chi connectivity index (χ4n) is 0.703. The molecule has 0 aliphatic rings. The maximum atomic E-state index is 11.4. The zero-order chi connectivity index (χ0) is 13.5. The molecule has 0 bridgehead atoms. The number of carbonyl (C=O) groups is 2. The van der Waals surface area contributed by atoms with Gasteiger partial charge < -0.3 is 9.47 Å². The average Bonchev–Trinajstić information content (AvgIpc) is 2.22. The highest BCUT2D eigenvalue weighted by atomic mass is 32.2. The van der Waals surface area contributed by atoms with Gasteiger partial charge in [0.15, 0.2) is 12.4 Å². The number of thioether (sulfide) groups is 1. The molecule has 0 aliphatic carbocycles. The summed E-state index contributed by atoms with van der Waals surface area (Å²) in [6.07, 6.45) is 0. The summed E-state index contributed by atoms with van der Waals surface area (Å²) in [5, 5.41) is 0. The molecule has 0 amide bonds. The van der Waals surface area contributed by atoms with Gasteiger partial charge in [-0.05, 0) is 39.9 Å². The van der Waals surface area contributed by atoms with Crippen molar-refractivity contribution in [3.05, 3.63) is 0 Å². The second-order valence-corrected chi connectivity index (χ2v) is 5.91. The summed E-state index contributed by atoms with van der Waals surface area (Å²) in [5.41, 5.74) is -0.589. The van der Waals surface area contributed by atoms with Crippen LogP contribution in [0.2, 0.25) is 0 Å². The summed E-state index contributed by atoms with van der Waals surface area (Å²) in [5.74, 6) is -0.408. The van der Waals surface area contributed by atoms with Gasteiger partial charge in [-0.3, -0.25) is 9.59 Å². The SMILES string of the molecule is CCOC(=S)SCC(=O)COC(=O)C(C)(C)C. The standard InChI is InChI=1S/C11H18O4S2/c1-5-14-10(16)17-7-8(12)6-15-9(13)11(2,3)4/h5-7H2,1-4H3. The maximum Gasteiger partial charge on any atom is 0.311 e. The van der Waals surface area contributed by atoms with E-state index in [0.717, 1.165) is 11.8 Å². The molecule has 6 heteroatoms. The number of hydrogen-bond donors (Lipinski definition) is 0. The fraction of sp³-hybridized carbons (Fsp3) is 0.727.